The zero-order valence-electron chi connectivity index (χ0n) is 15.4. The first-order chi connectivity index (χ1) is 11.5. The van der Waals surface area contributed by atoms with Crippen molar-refractivity contribution in [3.8, 4) is 0 Å². The van der Waals surface area contributed by atoms with Crippen LogP contribution >= 0.6 is 0 Å². The summed E-state index contributed by atoms with van der Waals surface area (Å²) >= 11 is 0. The van der Waals surface area contributed by atoms with E-state index >= 15 is 0 Å². The fourth-order valence-electron chi connectivity index (χ4n) is 2.64. The summed E-state index contributed by atoms with van der Waals surface area (Å²) in [7, 11) is -1.28. The van der Waals surface area contributed by atoms with E-state index in [1.54, 1.807) is 11.4 Å². The largest absolute Gasteiger partial charge is 0.381 e. The van der Waals surface area contributed by atoms with E-state index in [-0.39, 0.29) is 0 Å². The molecule has 1 aliphatic rings. The summed E-state index contributed by atoms with van der Waals surface area (Å²) in [5.74, 6) is 1.29. The molecule has 1 heterocycles. The van der Waals surface area contributed by atoms with Crippen LogP contribution in [0.3, 0.4) is 0 Å². The highest BCUT2D eigenvalue weighted by Crippen LogP contribution is 2.18. The standard InChI is InChI=1S/C16H34N4O3S/c1-4-5-12-23-13-6-9-18-16(17-2)19-14-15-7-10-20(11-8-15)24(3,21)22/h15H,4-14H2,1-3H3,(H2,17,18,19). The minimum absolute atomic E-state index is 0.485. The van der Waals surface area contributed by atoms with Gasteiger partial charge in [0.25, 0.3) is 0 Å². The SMILES string of the molecule is CCCCOCCCNC(=NC)NCC1CCN(S(C)(=O)=O)CC1. The van der Waals surface area contributed by atoms with Crippen LogP contribution in [0.4, 0.5) is 0 Å². The first-order valence-electron chi connectivity index (χ1n) is 8.94. The average Bonchev–Trinajstić information content (AvgIpc) is 2.56. The number of hydrogen-bond acceptors (Lipinski definition) is 4. The van der Waals surface area contributed by atoms with Crippen LogP contribution in [0, 0.1) is 5.92 Å². The Hall–Kier alpha value is -0.860. The highest BCUT2D eigenvalue weighted by Gasteiger charge is 2.24. The second-order valence-electron chi connectivity index (χ2n) is 6.30. The Morgan fingerprint density at radius 3 is 2.46 bits per heavy atom. The van der Waals surface area contributed by atoms with Crippen molar-refractivity contribution in [3.05, 3.63) is 0 Å². The number of unbranched alkanes of at least 4 members (excludes halogenated alkanes) is 1. The van der Waals surface area contributed by atoms with Gasteiger partial charge >= 0.3 is 0 Å². The van der Waals surface area contributed by atoms with E-state index < -0.39 is 10.0 Å². The lowest BCUT2D eigenvalue weighted by Gasteiger charge is -2.30. The number of sulfonamides is 1. The van der Waals surface area contributed by atoms with Crippen molar-refractivity contribution in [1.82, 2.24) is 14.9 Å². The number of nitrogens with one attached hydrogen (secondary N) is 2. The van der Waals surface area contributed by atoms with Crippen LogP contribution < -0.4 is 10.6 Å². The van der Waals surface area contributed by atoms with Gasteiger partial charge in [0.1, 0.15) is 0 Å². The second-order valence-corrected chi connectivity index (χ2v) is 8.29. The molecule has 0 aromatic heterocycles. The molecule has 1 fully saturated rings. The first kappa shape index (κ1) is 21.2. The first-order valence-corrected chi connectivity index (χ1v) is 10.8. The van der Waals surface area contributed by atoms with Gasteiger partial charge in [0, 0.05) is 46.4 Å². The van der Waals surface area contributed by atoms with Crippen molar-refractivity contribution >= 4 is 16.0 Å². The third-order valence-electron chi connectivity index (χ3n) is 4.22. The average molecular weight is 363 g/mol. The maximum absolute atomic E-state index is 11.5. The predicted octanol–water partition coefficient (Wildman–Crippen LogP) is 1.03. The van der Waals surface area contributed by atoms with Crippen LogP contribution in [0.25, 0.3) is 0 Å². The fourth-order valence-corrected chi connectivity index (χ4v) is 3.51. The van der Waals surface area contributed by atoms with Crippen LogP contribution in [0.1, 0.15) is 39.0 Å². The molecule has 0 aromatic rings. The lowest BCUT2D eigenvalue weighted by molar-refractivity contribution is 0.129. The normalized spacial score (nSPS) is 17.9. The van der Waals surface area contributed by atoms with Crippen LogP contribution in [-0.4, -0.2) is 71.4 Å². The van der Waals surface area contributed by atoms with Gasteiger partial charge in [-0.2, -0.15) is 0 Å². The molecule has 1 rings (SSSR count). The number of rotatable bonds is 10. The Balaban J connectivity index is 2.12. The Labute approximate surface area is 147 Å². The van der Waals surface area contributed by atoms with Gasteiger partial charge in [0.2, 0.25) is 10.0 Å². The minimum Gasteiger partial charge on any atom is -0.381 e. The lowest BCUT2D eigenvalue weighted by Crippen LogP contribution is -2.44. The van der Waals surface area contributed by atoms with Gasteiger partial charge in [-0.3, -0.25) is 4.99 Å². The molecule has 0 radical (unpaired) electrons. The Morgan fingerprint density at radius 2 is 1.88 bits per heavy atom. The summed E-state index contributed by atoms with van der Waals surface area (Å²) in [5, 5.41) is 6.62. The van der Waals surface area contributed by atoms with Crippen molar-refractivity contribution in [3.63, 3.8) is 0 Å². The summed E-state index contributed by atoms with van der Waals surface area (Å²) in [5.41, 5.74) is 0. The van der Waals surface area contributed by atoms with Gasteiger partial charge in [-0.25, -0.2) is 12.7 Å². The lowest BCUT2D eigenvalue weighted by atomic mass is 9.98. The third kappa shape index (κ3) is 8.84. The Kier molecular flexibility index (Phi) is 10.3. The Bertz CT molecular complexity index is 460. The van der Waals surface area contributed by atoms with Gasteiger partial charge in [0.15, 0.2) is 5.96 Å². The summed E-state index contributed by atoms with van der Waals surface area (Å²) in [6.07, 6.45) is 6.30. The van der Waals surface area contributed by atoms with E-state index in [1.165, 1.54) is 6.26 Å². The van der Waals surface area contributed by atoms with Crippen LogP contribution in [0.2, 0.25) is 0 Å². The molecule has 8 heteroatoms. The highest BCUT2D eigenvalue weighted by atomic mass is 32.2. The van der Waals surface area contributed by atoms with E-state index in [4.69, 9.17) is 4.74 Å². The molecular formula is C16H34N4O3S. The van der Waals surface area contributed by atoms with Gasteiger partial charge in [0.05, 0.1) is 6.26 Å². The highest BCUT2D eigenvalue weighted by molar-refractivity contribution is 7.88. The molecule has 2 N–H and O–H groups in total. The number of hydrogen-bond donors (Lipinski definition) is 2. The van der Waals surface area contributed by atoms with E-state index in [0.29, 0.717) is 19.0 Å². The van der Waals surface area contributed by atoms with Gasteiger partial charge in [-0.15, -0.1) is 0 Å². The molecule has 0 unspecified atom stereocenters. The molecule has 0 saturated carbocycles. The van der Waals surface area contributed by atoms with Crippen molar-refractivity contribution < 1.29 is 13.2 Å². The zero-order valence-corrected chi connectivity index (χ0v) is 16.2. The maximum atomic E-state index is 11.5. The molecule has 0 aliphatic carbocycles. The number of aliphatic imine (C=N–C) groups is 1. The molecule has 0 spiro atoms. The molecule has 1 saturated heterocycles. The monoisotopic (exact) mass is 362 g/mol. The van der Waals surface area contributed by atoms with Crippen LogP contribution in [0.15, 0.2) is 4.99 Å². The Morgan fingerprint density at radius 1 is 1.21 bits per heavy atom. The molecule has 24 heavy (non-hydrogen) atoms. The molecular weight excluding hydrogens is 328 g/mol. The van der Waals surface area contributed by atoms with E-state index in [1.807, 2.05) is 0 Å². The van der Waals surface area contributed by atoms with Crippen molar-refractivity contribution in [2.45, 2.75) is 39.0 Å². The summed E-state index contributed by atoms with van der Waals surface area (Å²) in [6.45, 7) is 6.66. The molecule has 0 amide bonds. The molecule has 0 bridgehead atoms. The summed E-state index contributed by atoms with van der Waals surface area (Å²) < 4.78 is 30.1. The summed E-state index contributed by atoms with van der Waals surface area (Å²) in [6, 6.07) is 0. The van der Waals surface area contributed by atoms with Gasteiger partial charge in [-0.05, 0) is 31.6 Å². The van der Waals surface area contributed by atoms with Crippen molar-refractivity contribution in [2.75, 3.05) is 52.7 Å². The van der Waals surface area contributed by atoms with Crippen LogP contribution in [-0.2, 0) is 14.8 Å². The maximum Gasteiger partial charge on any atom is 0.211 e. The van der Waals surface area contributed by atoms with Gasteiger partial charge in [-0.1, -0.05) is 13.3 Å². The number of piperidine rings is 1. The number of ether oxygens (including phenoxy) is 1. The molecule has 7 nitrogen and oxygen atoms in total. The number of guanidine groups is 1. The van der Waals surface area contributed by atoms with Crippen molar-refractivity contribution in [2.24, 2.45) is 10.9 Å². The van der Waals surface area contributed by atoms with E-state index in [0.717, 1.165) is 64.4 Å². The molecule has 142 valence electrons. The smallest absolute Gasteiger partial charge is 0.211 e. The van der Waals surface area contributed by atoms with Crippen molar-refractivity contribution in [1.29, 1.82) is 0 Å². The van der Waals surface area contributed by atoms with E-state index in [2.05, 4.69) is 22.5 Å². The molecule has 0 aromatic carbocycles. The fraction of sp³-hybridized carbons (Fsp3) is 0.938. The zero-order chi connectivity index (χ0) is 17.8. The quantitative estimate of drug-likeness (QED) is 0.345. The second kappa shape index (κ2) is 11.7. The summed E-state index contributed by atoms with van der Waals surface area (Å²) in [4.78, 5) is 4.22. The number of nitrogens with zero attached hydrogens (tertiary/aromatic N) is 2. The molecule has 0 atom stereocenters. The van der Waals surface area contributed by atoms with Gasteiger partial charge < -0.3 is 15.4 Å². The minimum atomic E-state index is -3.04. The van der Waals surface area contributed by atoms with Crippen LogP contribution in [0.5, 0.6) is 0 Å². The third-order valence-corrected chi connectivity index (χ3v) is 5.53. The predicted molar refractivity (Wildman–Crippen MR) is 98.8 cm³/mol. The topological polar surface area (TPSA) is 83.0 Å². The van der Waals surface area contributed by atoms with E-state index in [9.17, 15) is 8.42 Å². The molecule has 1 aliphatic heterocycles.